The molecular formula is C15H16IN3O3. The quantitative estimate of drug-likeness (QED) is 0.147. The highest BCUT2D eigenvalue weighted by Gasteiger charge is 2.13. The first-order chi connectivity index (χ1) is 10.5. The molecule has 1 rings (SSSR count). The zero-order valence-corrected chi connectivity index (χ0v) is 14.4. The van der Waals surface area contributed by atoms with Gasteiger partial charge in [0.05, 0.1) is 5.71 Å². The first kappa shape index (κ1) is 18.0. The fourth-order valence-corrected chi connectivity index (χ4v) is 1.55. The van der Waals surface area contributed by atoms with Crippen molar-refractivity contribution in [2.45, 2.75) is 19.9 Å². The Kier molecular flexibility index (Phi) is 7.39. The molecule has 0 aliphatic carbocycles. The van der Waals surface area contributed by atoms with Gasteiger partial charge in [0, 0.05) is 28.2 Å². The molecule has 1 unspecified atom stereocenters. The highest BCUT2D eigenvalue weighted by molar-refractivity contribution is 14.1. The molecule has 0 bridgehead atoms. The van der Waals surface area contributed by atoms with Crippen LogP contribution in [0.2, 0.25) is 0 Å². The second kappa shape index (κ2) is 9.04. The summed E-state index contributed by atoms with van der Waals surface area (Å²) in [6.45, 7) is 7.26. The van der Waals surface area contributed by atoms with Gasteiger partial charge in [-0.3, -0.25) is 0 Å². The molecule has 0 heterocycles. The number of oxime groups is 1. The van der Waals surface area contributed by atoms with E-state index < -0.39 is 6.04 Å². The number of hydroxylamine groups is 1. The van der Waals surface area contributed by atoms with Gasteiger partial charge in [0.1, 0.15) is 12.4 Å². The van der Waals surface area contributed by atoms with E-state index in [0.29, 0.717) is 28.5 Å². The van der Waals surface area contributed by atoms with Crippen molar-refractivity contribution < 1.29 is 14.8 Å². The number of halogens is 1. The second-order valence-corrected chi connectivity index (χ2v) is 4.88. The minimum atomic E-state index is -0.534. The van der Waals surface area contributed by atoms with E-state index in [2.05, 4.69) is 26.7 Å². The van der Waals surface area contributed by atoms with Gasteiger partial charge in [0.15, 0.2) is 6.04 Å². The molecule has 0 saturated carbocycles. The van der Waals surface area contributed by atoms with Crippen molar-refractivity contribution >= 4 is 34.0 Å². The summed E-state index contributed by atoms with van der Waals surface area (Å²) in [6, 6.07) is 6.36. The fraction of sp³-hybridized carbons (Fsp3) is 0.267. The van der Waals surface area contributed by atoms with E-state index in [1.807, 2.05) is 22.6 Å². The Labute approximate surface area is 142 Å². The standard InChI is InChI=1S/C15H16IN3O3/c1-11(12(2)18-20)17-19(21)13(3)14-5-7-15(8-6-14)22-10-4-9-16/h5-8,11,20H,3,10H2,1-2H3/b18-12+,19-17?. The van der Waals surface area contributed by atoms with E-state index >= 15 is 0 Å². The van der Waals surface area contributed by atoms with E-state index in [9.17, 15) is 5.21 Å². The lowest BCUT2D eigenvalue weighted by molar-refractivity contribution is -0.434. The molecular weight excluding hydrogens is 397 g/mol. The van der Waals surface area contributed by atoms with Crippen molar-refractivity contribution in [1.29, 1.82) is 0 Å². The number of hydrogen-bond acceptors (Lipinski definition) is 5. The van der Waals surface area contributed by atoms with E-state index in [1.165, 1.54) is 0 Å². The van der Waals surface area contributed by atoms with Gasteiger partial charge >= 0.3 is 0 Å². The number of benzene rings is 1. The van der Waals surface area contributed by atoms with E-state index in [-0.39, 0.29) is 5.70 Å². The molecule has 1 atom stereocenters. The maximum absolute atomic E-state index is 11.9. The van der Waals surface area contributed by atoms with Gasteiger partial charge in [-0.25, -0.2) is 0 Å². The van der Waals surface area contributed by atoms with Crippen LogP contribution in [-0.2, 0) is 0 Å². The minimum Gasteiger partial charge on any atom is -0.594 e. The van der Waals surface area contributed by atoms with Crippen LogP contribution >= 0.6 is 22.6 Å². The molecule has 22 heavy (non-hydrogen) atoms. The Morgan fingerprint density at radius 3 is 2.68 bits per heavy atom. The molecule has 0 aliphatic rings. The van der Waals surface area contributed by atoms with Crippen molar-refractivity contribution in [3.05, 3.63) is 41.6 Å². The van der Waals surface area contributed by atoms with Gasteiger partial charge in [-0.1, -0.05) is 15.9 Å². The van der Waals surface area contributed by atoms with Gasteiger partial charge in [-0.15, -0.1) is 0 Å². The Hall–Kier alpha value is -2.08. The second-order valence-electron chi connectivity index (χ2n) is 4.34. The van der Waals surface area contributed by atoms with Gasteiger partial charge in [-0.05, 0) is 53.7 Å². The van der Waals surface area contributed by atoms with Crippen molar-refractivity contribution in [1.82, 2.24) is 0 Å². The zero-order valence-electron chi connectivity index (χ0n) is 12.3. The lowest BCUT2D eigenvalue weighted by atomic mass is 10.2. The van der Waals surface area contributed by atoms with Crippen LogP contribution in [-0.4, -0.2) is 28.4 Å². The minimum absolute atomic E-state index is 0.191. The Morgan fingerprint density at radius 2 is 2.14 bits per heavy atom. The molecule has 0 amide bonds. The highest BCUT2D eigenvalue weighted by Crippen LogP contribution is 2.18. The first-order valence-corrected chi connectivity index (χ1v) is 7.44. The van der Waals surface area contributed by atoms with Gasteiger partial charge in [-0.2, -0.15) is 0 Å². The molecule has 0 saturated heterocycles. The largest absolute Gasteiger partial charge is 0.594 e. The van der Waals surface area contributed by atoms with Crippen LogP contribution in [0.25, 0.3) is 5.70 Å². The van der Waals surface area contributed by atoms with E-state index in [1.54, 1.807) is 38.1 Å². The molecule has 1 aromatic carbocycles. The van der Waals surface area contributed by atoms with Crippen molar-refractivity contribution in [2.24, 2.45) is 10.3 Å². The number of hydrogen-bond donors (Lipinski definition) is 1. The fourth-order valence-electron chi connectivity index (χ4n) is 1.39. The Morgan fingerprint density at radius 1 is 1.50 bits per heavy atom. The zero-order chi connectivity index (χ0) is 16.5. The Bertz CT molecular complexity index is 642. The van der Waals surface area contributed by atoms with Crippen molar-refractivity contribution in [2.75, 3.05) is 6.61 Å². The third-order valence-electron chi connectivity index (χ3n) is 2.84. The summed E-state index contributed by atoms with van der Waals surface area (Å²) in [5.41, 5.74) is 1.15. The lowest BCUT2D eigenvalue weighted by Gasteiger charge is -2.07. The summed E-state index contributed by atoms with van der Waals surface area (Å²) >= 11 is 1.94. The SMILES string of the molecule is C=C(c1ccc(OCC#CI)cc1)[N+]([O-])=NC(C)/C(C)=N/O. The molecule has 116 valence electrons. The average molecular weight is 413 g/mol. The summed E-state index contributed by atoms with van der Waals surface area (Å²) in [7, 11) is 0. The van der Waals surface area contributed by atoms with Gasteiger partial charge in [0.25, 0.3) is 0 Å². The monoisotopic (exact) mass is 413 g/mol. The summed E-state index contributed by atoms with van der Waals surface area (Å²) in [5.74, 6) is 3.44. The average Bonchev–Trinajstić information content (AvgIpc) is 2.54. The normalized spacial score (nSPS) is 13.0. The van der Waals surface area contributed by atoms with Crippen LogP contribution in [0.1, 0.15) is 19.4 Å². The first-order valence-electron chi connectivity index (χ1n) is 6.36. The molecule has 7 heteroatoms. The predicted octanol–water partition coefficient (Wildman–Crippen LogP) is 3.63. The van der Waals surface area contributed by atoms with Gasteiger partial charge in [0.2, 0.25) is 5.70 Å². The smallest absolute Gasteiger partial charge is 0.244 e. The van der Waals surface area contributed by atoms with Crippen LogP contribution in [0.4, 0.5) is 0 Å². The highest BCUT2D eigenvalue weighted by atomic mass is 127. The topological polar surface area (TPSA) is 80.2 Å². The molecule has 0 radical (unpaired) electrons. The third kappa shape index (κ3) is 5.37. The van der Waals surface area contributed by atoms with Crippen molar-refractivity contribution in [3.8, 4) is 15.6 Å². The van der Waals surface area contributed by atoms with Crippen LogP contribution in [0.5, 0.6) is 5.75 Å². The van der Waals surface area contributed by atoms with E-state index in [4.69, 9.17) is 9.94 Å². The Balaban J connectivity index is 2.80. The van der Waals surface area contributed by atoms with Crippen LogP contribution in [0, 0.1) is 15.1 Å². The molecule has 1 N–H and O–H groups in total. The number of azo groups is 1. The maximum atomic E-state index is 11.9. The third-order valence-corrected chi connectivity index (χ3v) is 3.22. The molecule has 6 nitrogen and oxygen atoms in total. The maximum Gasteiger partial charge on any atom is 0.244 e. The van der Waals surface area contributed by atoms with Crippen LogP contribution in [0.15, 0.2) is 41.1 Å². The number of ether oxygens (including phenoxy) is 1. The summed E-state index contributed by atoms with van der Waals surface area (Å²) in [6.07, 6.45) is 0. The predicted molar refractivity (Wildman–Crippen MR) is 93.2 cm³/mol. The van der Waals surface area contributed by atoms with Crippen LogP contribution in [0.3, 0.4) is 0 Å². The van der Waals surface area contributed by atoms with Gasteiger partial charge < -0.3 is 15.2 Å². The van der Waals surface area contributed by atoms with Crippen LogP contribution < -0.4 is 4.74 Å². The molecule has 0 spiro atoms. The molecule has 0 fully saturated rings. The summed E-state index contributed by atoms with van der Waals surface area (Å²) in [4.78, 5) is 0.427. The molecule has 0 aromatic heterocycles. The van der Waals surface area contributed by atoms with Crippen molar-refractivity contribution in [3.63, 3.8) is 0 Å². The number of rotatable bonds is 6. The van der Waals surface area contributed by atoms with E-state index in [0.717, 1.165) is 0 Å². The number of nitrogens with zero attached hydrogens (tertiary/aromatic N) is 3. The molecule has 1 aromatic rings. The summed E-state index contributed by atoms with van der Waals surface area (Å²) in [5, 5.41) is 27.5. The lowest BCUT2D eigenvalue weighted by Crippen LogP contribution is -2.14. The molecule has 0 aliphatic heterocycles. The summed E-state index contributed by atoms with van der Waals surface area (Å²) < 4.78 is 8.09.